The van der Waals surface area contributed by atoms with Crippen LogP contribution in [0.3, 0.4) is 0 Å². The zero-order valence-corrected chi connectivity index (χ0v) is 18.5. The van der Waals surface area contributed by atoms with Gasteiger partial charge in [-0.1, -0.05) is 72.8 Å². The molecular weight excluding hydrogens is 416 g/mol. The highest BCUT2D eigenvalue weighted by atomic mass is 15.2. The second kappa shape index (κ2) is 8.68. The van der Waals surface area contributed by atoms with Gasteiger partial charge in [0.2, 0.25) is 0 Å². The zero-order valence-electron chi connectivity index (χ0n) is 18.5. The minimum atomic E-state index is 0.841. The highest BCUT2D eigenvalue weighted by Gasteiger charge is 2.16. The third-order valence-electron chi connectivity index (χ3n) is 5.95. The second-order valence-corrected chi connectivity index (χ2v) is 8.10. The van der Waals surface area contributed by atoms with Gasteiger partial charge in [-0.25, -0.2) is 0 Å². The SMILES string of the molecule is c1ccc(-c2cc(N(c3ccccc3)c3ccc4ccn(-c5ccccc5)c4c3)cnn2)cc1. The van der Waals surface area contributed by atoms with Crippen LogP contribution in [0, 0.1) is 0 Å². The quantitative estimate of drug-likeness (QED) is 0.278. The maximum atomic E-state index is 4.39. The number of aromatic nitrogens is 3. The number of hydrogen-bond acceptors (Lipinski definition) is 3. The summed E-state index contributed by atoms with van der Waals surface area (Å²) < 4.78 is 2.22. The number of para-hydroxylation sites is 2. The van der Waals surface area contributed by atoms with Gasteiger partial charge in [-0.2, -0.15) is 10.2 Å². The van der Waals surface area contributed by atoms with Crippen molar-refractivity contribution in [2.24, 2.45) is 0 Å². The first-order valence-electron chi connectivity index (χ1n) is 11.3. The van der Waals surface area contributed by atoms with Crippen molar-refractivity contribution in [2.45, 2.75) is 0 Å². The predicted octanol–water partition coefficient (Wildman–Crippen LogP) is 7.56. The van der Waals surface area contributed by atoms with Gasteiger partial charge in [0.15, 0.2) is 0 Å². The molecule has 0 aliphatic heterocycles. The standard InChI is InChI=1S/C30H22N4/c1-4-10-23(11-5-1)29-20-28(22-31-32-29)34(26-14-8-3-9-15-26)27-17-16-24-18-19-33(30(24)21-27)25-12-6-2-7-13-25/h1-22H. The predicted molar refractivity (Wildman–Crippen MR) is 139 cm³/mol. The summed E-state index contributed by atoms with van der Waals surface area (Å²) in [6.07, 6.45) is 3.94. The molecule has 0 bridgehead atoms. The molecule has 0 unspecified atom stereocenters. The van der Waals surface area contributed by atoms with Crippen LogP contribution in [0.4, 0.5) is 17.1 Å². The lowest BCUT2D eigenvalue weighted by Gasteiger charge is -2.25. The summed E-state index contributed by atoms with van der Waals surface area (Å²) >= 11 is 0. The third-order valence-corrected chi connectivity index (χ3v) is 5.95. The Bertz CT molecular complexity index is 1540. The lowest BCUT2D eigenvalue weighted by Crippen LogP contribution is -2.11. The summed E-state index contributed by atoms with van der Waals surface area (Å²) in [5.74, 6) is 0. The van der Waals surface area contributed by atoms with E-state index in [2.05, 4.69) is 117 Å². The molecule has 0 N–H and O–H groups in total. The largest absolute Gasteiger partial charge is 0.316 e. The minimum absolute atomic E-state index is 0.841. The van der Waals surface area contributed by atoms with Crippen LogP contribution in [-0.4, -0.2) is 14.8 Å². The molecule has 4 heteroatoms. The Kier molecular flexibility index (Phi) is 5.09. The summed E-state index contributed by atoms with van der Waals surface area (Å²) in [5.41, 5.74) is 7.24. The first-order chi connectivity index (χ1) is 16.9. The fourth-order valence-corrected chi connectivity index (χ4v) is 4.32. The molecule has 2 heterocycles. The van der Waals surface area contributed by atoms with Crippen molar-refractivity contribution in [1.82, 2.24) is 14.8 Å². The van der Waals surface area contributed by atoms with Gasteiger partial charge in [0.05, 0.1) is 23.1 Å². The van der Waals surface area contributed by atoms with Crippen molar-refractivity contribution in [3.05, 3.63) is 134 Å². The number of fused-ring (bicyclic) bond motifs is 1. The monoisotopic (exact) mass is 438 g/mol. The fraction of sp³-hybridized carbons (Fsp3) is 0. The molecule has 4 nitrogen and oxygen atoms in total. The molecule has 6 aromatic rings. The third kappa shape index (κ3) is 3.71. The molecule has 0 aliphatic rings. The van der Waals surface area contributed by atoms with Gasteiger partial charge >= 0.3 is 0 Å². The molecule has 4 aromatic carbocycles. The molecule has 0 aliphatic carbocycles. The Labute approximate surface area is 198 Å². The van der Waals surface area contributed by atoms with Crippen molar-refractivity contribution < 1.29 is 0 Å². The van der Waals surface area contributed by atoms with Crippen LogP contribution in [0.5, 0.6) is 0 Å². The van der Waals surface area contributed by atoms with Gasteiger partial charge in [-0.15, -0.1) is 0 Å². The van der Waals surface area contributed by atoms with E-state index in [4.69, 9.17) is 0 Å². The molecule has 2 aromatic heterocycles. The number of benzene rings is 4. The van der Waals surface area contributed by atoms with E-state index < -0.39 is 0 Å². The molecule has 0 atom stereocenters. The number of nitrogens with zero attached hydrogens (tertiary/aromatic N) is 4. The van der Waals surface area contributed by atoms with E-state index >= 15 is 0 Å². The van der Waals surface area contributed by atoms with Gasteiger partial charge in [0.25, 0.3) is 0 Å². The van der Waals surface area contributed by atoms with Gasteiger partial charge in [0.1, 0.15) is 0 Å². The summed E-state index contributed by atoms with van der Waals surface area (Å²) in [6, 6.07) is 41.8. The smallest absolute Gasteiger partial charge is 0.0950 e. The van der Waals surface area contributed by atoms with Crippen LogP contribution in [-0.2, 0) is 0 Å². The second-order valence-electron chi connectivity index (χ2n) is 8.10. The Morgan fingerprint density at radius 1 is 0.588 bits per heavy atom. The molecule has 0 saturated heterocycles. The van der Waals surface area contributed by atoms with Gasteiger partial charge in [-0.05, 0) is 48.5 Å². The van der Waals surface area contributed by atoms with Crippen molar-refractivity contribution in [2.75, 3.05) is 4.90 Å². The first-order valence-corrected chi connectivity index (χ1v) is 11.3. The maximum absolute atomic E-state index is 4.39. The topological polar surface area (TPSA) is 34.0 Å². The van der Waals surface area contributed by atoms with Crippen LogP contribution in [0.25, 0.3) is 27.8 Å². The lowest BCUT2D eigenvalue weighted by molar-refractivity contribution is 1.03. The van der Waals surface area contributed by atoms with Crippen molar-refractivity contribution >= 4 is 28.0 Å². The maximum Gasteiger partial charge on any atom is 0.0950 e. The highest BCUT2D eigenvalue weighted by Crippen LogP contribution is 2.37. The molecule has 0 radical (unpaired) electrons. The molecule has 34 heavy (non-hydrogen) atoms. The molecular formula is C30H22N4. The summed E-state index contributed by atoms with van der Waals surface area (Å²) in [5, 5.41) is 9.94. The summed E-state index contributed by atoms with van der Waals surface area (Å²) in [7, 11) is 0. The summed E-state index contributed by atoms with van der Waals surface area (Å²) in [6.45, 7) is 0. The highest BCUT2D eigenvalue weighted by molar-refractivity contribution is 5.89. The molecule has 0 amide bonds. The van der Waals surface area contributed by atoms with Gasteiger partial charge in [-0.3, -0.25) is 0 Å². The average molecular weight is 439 g/mol. The molecule has 6 rings (SSSR count). The molecule has 0 spiro atoms. The normalized spacial score (nSPS) is 10.9. The van der Waals surface area contributed by atoms with E-state index in [1.165, 1.54) is 5.39 Å². The van der Waals surface area contributed by atoms with Crippen molar-refractivity contribution in [1.29, 1.82) is 0 Å². The zero-order chi connectivity index (χ0) is 22.7. The molecule has 162 valence electrons. The van der Waals surface area contributed by atoms with Crippen LogP contribution in [0.1, 0.15) is 0 Å². The summed E-state index contributed by atoms with van der Waals surface area (Å²) in [4.78, 5) is 2.23. The minimum Gasteiger partial charge on any atom is -0.316 e. The van der Waals surface area contributed by atoms with E-state index in [-0.39, 0.29) is 0 Å². The van der Waals surface area contributed by atoms with E-state index in [0.717, 1.165) is 39.5 Å². The van der Waals surface area contributed by atoms with Crippen LogP contribution < -0.4 is 4.90 Å². The molecule has 0 saturated carbocycles. The lowest BCUT2D eigenvalue weighted by atomic mass is 10.1. The van der Waals surface area contributed by atoms with Crippen LogP contribution in [0.15, 0.2) is 134 Å². The van der Waals surface area contributed by atoms with Crippen molar-refractivity contribution in [3.8, 4) is 16.9 Å². The van der Waals surface area contributed by atoms with E-state index in [1.807, 2.05) is 36.5 Å². The average Bonchev–Trinajstić information content (AvgIpc) is 3.34. The molecule has 0 fully saturated rings. The van der Waals surface area contributed by atoms with E-state index in [1.54, 1.807) is 0 Å². The van der Waals surface area contributed by atoms with Gasteiger partial charge in [0, 0.05) is 34.2 Å². The van der Waals surface area contributed by atoms with Crippen LogP contribution >= 0.6 is 0 Å². The van der Waals surface area contributed by atoms with E-state index in [0.29, 0.717) is 0 Å². The van der Waals surface area contributed by atoms with Gasteiger partial charge < -0.3 is 9.47 Å². The Hall–Kier alpha value is -4.70. The number of rotatable bonds is 5. The Morgan fingerprint density at radius 3 is 2.06 bits per heavy atom. The Morgan fingerprint density at radius 2 is 1.29 bits per heavy atom. The number of anilines is 3. The first kappa shape index (κ1) is 19.9. The van der Waals surface area contributed by atoms with E-state index in [9.17, 15) is 0 Å². The number of hydrogen-bond donors (Lipinski definition) is 0. The Balaban J connectivity index is 1.52. The van der Waals surface area contributed by atoms with Crippen molar-refractivity contribution in [3.63, 3.8) is 0 Å². The van der Waals surface area contributed by atoms with Crippen LogP contribution in [0.2, 0.25) is 0 Å². The fourth-order valence-electron chi connectivity index (χ4n) is 4.32.